The van der Waals surface area contributed by atoms with Crippen LogP contribution in [0.5, 0.6) is 0 Å². The molecule has 1 amide bonds. The summed E-state index contributed by atoms with van der Waals surface area (Å²) in [5.74, 6) is 0.449. The molecule has 1 aromatic heterocycles. The summed E-state index contributed by atoms with van der Waals surface area (Å²) in [6, 6.07) is 13.5. The van der Waals surface area contributed by atoms with Crippen molar-refractivity contribution in [1.29, 1.82) is 0 Å². The summed E-state index contributed by atoms with van der Waals surface area (Å²) in [6.07, 6.45) is 8.67. The van der Waals surface area contributed by atoms with E-state index < -0.39 is 0 Å². The van der Waals surface area contributed by atoms with E-state index >= 15 is 0 Å². The van der Waals surface area contributed by atoms with Crippen LogP contribution in [0.15, 0.2) is 42.6 Å². The summed E-state index contributed by atoms with van der Waals surface area (Å²) < 4.78 is 0. The average Bonchev–Trinajstić information content (AvgIpc) is 3.33. The zero-order chi connectivity index (χ0) is 21.5. The van der Waals surface area contributed by atoms with Gasteiger partial charge in [-0.25, -0.2) is 0 Å². The summed E-state index contributed by atoms with van der Waals surface area (Å²) >= 11 is 0. The van der Waals surface area contributed by atoms with Crippen LogP contribution in [0.4, 0.5) is 0 Å². The number of nitrogens with one attached hydrogen (secondary N) is 1. The maximum atomic E-state index is 12.8. The van der Waals surface area contributed by atoms with Gasteiger partial charge in [0.15, 0.2) is 0 Å². The molecule has 6 nitrogen and oxygen atoms in total. The second-order valence-corrected chi connectivity index (χ2v) is 9.25. The van der Waals surface area contributed by atoms with Crippen molar-refractivity contribution in [3.05, 3.63) is 53.9 Å². The van der Waals surface area contributed by atoms with Crippen molar-refractivity contribution < 1.29 is 4.79 Å². The van der Waals surface area contributed by atoms with Gasteiger partial charge < -0.3 is 14.7 Å². The van der Waals surface area contributed by atoms with Crippen LogP contribution in [0.25, 0.3) is 0 Å². The van der Waals surface area contributed by atoms with Crippen LogP contribution in [0, 0.1) is 5.92 Å². The van der Waals surface area contributed by atoms with Crippen molar-refractivity contribution in [3.8, 4) is 0 Å². The van der Waals surface area contributed by atoms with Crippen LogP contribution >= 0.6 is 0 Å². The Morgan fingerprint density at radius 1 is 1.06 bits per heavy atom. The molecule has 0 aliphatic carbocycles. The molecule has 0 saturated carbocycles. The number of aromatic nitrogens is 2. The highest BCUT2D eigenvalue weighted by Crippen LogP contribution is 2.25. The normalized spacial score (nSPS) is 19.5. The summed E-state index contributed by atoms with van der Waals surface area (Å²) in [6.45, 7) is 6.37. The summed E-state index contributed by atoms with van der Waals surface area (Å²) in [5, 5.41) is 6.92. The monoisotopic (exact) mass is 423 g/mol. The van der Waals surface area contributed by atoms with E-state index in [1.54, 1.807) is 6.20 Å². The number of hydrogen-bond acceptors (Lipinski definition) is 4. The molecule has 2 aromatic rings. The molecule has 2 aliphatic heterocycles. The van der Waals surface area contributed by atoms with E-state index in [1.165, 1.54) is 50.9 Å². The molecule has 2 saturated heterocycles. The number of nitrogens with zero attached hydrogens (tertiary/aromatic N) is 4. The second kappa shape index (κ2) is 10.9. The van der Waals surface area contributed by atoms with Crippen LogP contribution in [0.1, 0.15) is 43.4 Å². The number of amides is 1. The zero-order valence-corrected chi connectivity index (χ0v) is 18.9. The van der Waals surface area contributed by atoms with Gasteiger partial charge in [0.2, 0.25) is 5.91 Å². The fourth-order valence-corrected chi connectivity index (χ4v) is 5.19. The van der Waals surface area contributed by atoms with E-state index in [0.29, 0.717) is 12.6 Å². The van der Waals surface area contributed by atoms with Gasteiger partial charge in [-0.05, 0) is 82.9 Å². The molecule has 2 aliphatic rings. The van der Waals surface area contributed by atoms with Gasteiger partial charge in [-0.15, -0.1) is 0 Å². The molecule has 0 atom stereocenters. The van der Waals surface area contributed by atoms with Crippen molar-refractivity contribution in [2.24, 2.45) is 5.92 Å². The predicted molar refractivity (Wildman–Crippen MR) is 124 cm³/mol. The van der Waals surface area contributed by atoms with Gasteiger partial charge in [-0.1, -0.05) is 30.3 Å². The lowest BCUT2D eigenvalue weighted by Gasteiger charge is -2.42. The van der Waals surface area contributed by atoms with E-state index in [0.717, 1.165) is 31.6 Å². The number of benzene rings is 1. The lowest BCUT2D eigenvalue weighted by molar-refractivity contribution is -0.136. The fourth-order valence-electron chi connectivity index (χ4n) is 5.19. The first-order valence-corrected chi connectivity index (χ1v) is 11.9. The third-order valence-corrected chi connectivity index (χ3v) is 7.08. The van der Waals surface area contributed by atoms with Gasteiger partial charge in [-0.3, -0.25) is 9.89 Å². The fraction of sp³-hybridized carbons (Fsp3) is 0.600. The minimum absolute atomic E-state index is 0.169. The largest absolute Gasteiger partial charge is 0.340 e. The number of likely N-dealkylation sites (tertiary alicyclic amines) is 2. The molecule has 6 heteroatoms. The topological polar surface area (TPSA) is 55.5 Å². The minimum atomic E-state index is 0.169. The molecule has 0 spiro atoms. The SMILES string of the molecule is CN(Cc1ccn[nH]1)C(=O)C1CCN(C2CCN(CCCc3ccccc3)CC2)CC1. The number of H-pyrrole nitrogens is 1. The molecular weight excluding hydrogens is 386 g/mol. The van der Waals surface area contributed by atoms with Gasteiger partial charge in [0.1, 0.15) is 0 Å². The number of piperidine rings is 2. The second-order valence-electron chi connectivity index (χ2n) is 9.25. The van der Waals surface area contributed by atoms with Crippen LogP contribution in [-0.2, 0) is 17.8 Å². The average molecular weight is 424 g/mol. The molecular formula is C25H37N5O. The molecule has 0 unspecified atom stereocenters. The van der Waals surface area contributed by atoms with Crippen molar-refractivity contribution in [3.63, 3.8) is 0 Å². The third kappa shape index (κ3) is 6.17. The number of rotatable bonds is 8. The molecule has 168 valence electrons. The number of carbonyl (C=O) groups is 1. The number of aryl methyl sites for hydroxylation is 1. The van der Waals surface area contributed by atoms with E-state index in [4.69, 9.17) is 0 Å². The number of carbonyl (C=O) groups excluding carboxylic acids is 1. The highest BCUT2D eigenvalue weighted by molar-refractivity contribution is 5.78. The van der Waals surface area contributed by atoms with E-state index in [-0.39, 0.29) is 11.8 Å². The summed E-state index contributed by atoms with van der Waals surface area (Å²) in [4.78, 5) is 20.0. The molecule has 0 radical (unpaired) electrons. The Kier molecular flexibility index (Phi) is 7.76. The lowest BCUT2D eigenvalue weighted by atomic mass is 9.92. The molecule has 2 fully saturated rings. The van der Waals surface area contributed by atoms with Crippen molar-refractivity contribution in [2.75, 3.05) is 39.8 Å². The molecule has 1 aromatic carbocycles. The lowest BCUT2D eigenvalue weighted by Crippen LogP contribution is -2.49. The first-order valence-electron chi connectivity index (χ1n) is 11.9. The zero-order valence-electron chi connectivity index (χ0n) is 18.9. The number of hydrogen-bond donors (Lipinski definition) is 1. The van der Waals surface area contributed by atoms with Gasteiger partial charge in [0.05, 0.1) is 12.2 Å². The van der Waals surface area contributed by atoms with Crippen LogP contribution < -0.4 is 0 Å². The Morgan fingerprint density at radius 2 is 1.81 bits per heavy atom. The first-order chi connectivity index (χ1) is 15.2. The Labute approximate surface area is 186 Å². The molecule has 1 N–H and O–H groups in total. The maximum absolute atomic E-state index is 12.8. The van der Waals surface area contributed by atoms with Gasteiger partial charge >= 0.3 is 0 Å². The van der Waals surface area contributed by atoms with E-state index in [1.807, 2.05) is 18.0 Å². The Hall–Kier alpha value is -2.18. The number of aromatic amines is 1. The smallest absolute Gasteiger partial charge is 0.225 e. The first kappa shape index (κ1) is 22.0. The van der Waals surface area contributed by atoms with Gasteiger partial charge in [-0.2, -0.15) is 5.10 Å². The van der Waals surface area contributed by atoms with Crippen LogP contribution in [-0.4, -0.2) is 76.6 Å². The molecule has 0 bridgehead atoms. The maximum Gasteiger partial charge on any atom is 0.225 e. The Balaban J connectivity index is 1.13. The Morgan fingerprint density at radius 3 is 2.48 bits per heavy atom. The highest BCUT2D eigenvalue weighted by atomic mass is 16.2. The van der Waals surface area contributed by atoms with E-state index in [9.17, 15) is 4.79 Å². The quantitative estimate of drug-likeness (QED) is 0.709. The van der Waals surface area contributed by atoms with Gasteiger partial charge in [0.25, 0.3) is 0 Å². The highest BCUT2D eigenvalue weighted by Gasteiger charge is 2.31. The Bertz CT molecular complexity index is 778. The summed E-state index contributed by atoms with van der Waals surface area (Å²) in [7, 11) is 1.91. The third-order valence-electron chi connectivity index (χ3n) is 7.08. The van der Waals surface area contributed by atoms with Crippen molar-refractivity contribution >= 4 is 5.91 Å². The van der Waals surface area contributed by atoms with E-state index in [2.05, 4.69) is 50.3 Å². The van der Waals surface area contributed by atoms with Crippen LogP contribution in [0.3, 0.4) is 0 Å². The molecule has 31 heavy (non-hydrogen) atoms. The van der Waals surface area contributed by atoms with Crippen molar-refractivity contribution in [2.45, 2.75) is 51.1 Å². The molecule has 3 heterocycles. The van der Waals surface area contributed by atoms with Crippen molar-refractivity contribution in [1.82, 2.24) is 24.9 Å². The predicted octanol–water partition coefficient (Wildman–Crippen LogP) is 3.18. The van der Waals surface area contributed by atoms with Gasteiger partial charge in [0, 0.05) is 25.2 Å². The minimum Gasteiger partial charge on any atom is -0.340 e. The summed E-state index contributed by atoms with van der Waals surface area (Å²) in [5.41, 5.74) is 2.44. The van der Waals surface area contributed by atoms with Crippen LogP contribution in [0.2, 0.25) is 0 Å². The standard InChI is InChI=1S/C25H37N5O/c1-28(20-23-9-14-26-27-23)25(31)22-10-18-30(19-11-22)24-12-16-29(17-13-24)15-5-8-21-6-3-2-4-7-21/h2-4,6-7,9,14,22,24H,5,8,10-13,15-20H2,1H3,(H,26,27). The molecule has 4 rings (SSSR count).